The molecule has 3 N–H and O–H groups in total. The molecule has 0 heterocycles. The third-order valence-corrected chi connectivity index (χ3v) is 3.46. The number of ether oxygens (including phenoxy) is 1. The van der Waals surface area contributed by atoms with Crippen molar-refractivity contribution in [1.29, 1.82) is 0 Å². The highest BCUT2D eigenvalue weighted by molar-refractivity contribution is 5.66. The molecule has 3 unspecified atom stereocenters. The van der Waals surface area contributed by atoms with Gasteiger partial charge in [-0.3, -0.25) is 20.2 Å². The quantitative estimate of drug-likeness (QED) is 0.598. The van der Waals surface area contributed by atoms with Crippen LogP contribution in [0.3, 0.4) is 0 Å². The summed E-state index contributed by atoms with van der Waals surface area (Å²) in [7, 11) is 0. The number of nitrogens with one attached hydrogen (secondary N) is 1. The maximum Gasteiger partial charge on any atom is 0.299 e. The fourth-order valence-corrected chi connectivity index (χ4v) is 2.31. The van der Waals surface area contributed by atoms with Crippen LogP contribution in [0, 0.1) is 20.2 Å². The second-order valence-electron chi connectivity index (χ2n) is 4.78. The van der Waals surface area contributed by atoms with Crippen molar-refractivity contribution in [3.05, 3.63) is 38.4 Å². The minimum absolute atomic E-state index is 0.111. The van der Waals surface area contributed by atoms with Crippen LogP contribution in [0.25, 0.3) is 0 Å². The van der Waals surface area contributed by atoms with Crippen LogP contribution in [0.4, 0.5) is 17.1 Å². The van der Waals surface area contributed by atoms with Crippen LogP contribution in [-0.2, 0) is 4.74 Å². The lowest BCUT2D eigenvalue weighted by Gasteiger charge is -2.42. The highest BCUT2D eigenvalue weighted by atomic mass is 16.6. The third kappa shape index (κ3) is 3.09. The minimum Gasteiger partial charge on any atom is -0.376 e. The van der Waals surface area contributed by atoms with Gasteiger partial charge in [-0.05, 0) is 19.4 Å². The number of nitro benzene ring substituents is 2. The Morgan fingerprint density at radius 1 is 1.38 bits per heavy atom. The lowest BCUT2D eigenvalue weighted by atomic mass is 9.83. The summed E-state index contributed by atoms with van der Waals surface area (Å²) in [4.78, 5) is 20.4. The average Bonchev–Trinajstić information content (AvgIpc) is 2.44. The van der Waals surface area contributed by atoms with Crippen molar-refractivity contribution in [2.24, 2.45) is 5.73 Å². The second-order valence-corrected chi connectivity index (χ2v) is 4.78. The molecular weight excluding hydrogens is 280 g/mol. The summed E-state index contributed by atoms with van der Waals surface area (Å²) >= 11 is 0. The van der Waals surface area contributed by atoms with E-state index in [9.17, 15) is 20.2 Å². The van der Waals surface area contributed by atoms with Crippen molar-refractivity contribution in [2.75, 3.05) is 11.9 Å². The van der Waals surface area contributed by atoms with E-state index < -0.39 is 9.85 Å². The van der Waals surface area contributed by atoms with Crippen molar-refractivity contribution in [1.82, 2.24) is 0 Å². The van der Waals surface area contributed by atoms with Gasteiger partial charge in [0.25, 0.3) is 11.4 Å². The molecule has 1 aliphatic carbocycles. The summed E-state index contributed by atoms with van der Waals surface area (Å²) in [5, 5.41) is 24.7. The van der Waals surface area contributed by atoms with Crippen molar-refractivity contribution >= 4 is 17.1 Å². The predicted molar refractivity (Wildman–Crippen MR) is 75.2 cm³/mol. The SMILES string of the molecule is CCOC1CC(N)C1Nc1ccc([N+](=O)[O-])cc1[N+](=O)[O-]. The number of hydrogen-bond donors (Lipinski definition) is 2. The monoisotopic (exact) mass is 296 g/mol. The Labute approximate surface area is 120 Å². The maximum absolute atomic E-state index is 11.1. The van der Waals surface area contributed by atoms with Gasteiger partial charge in [0, 0.05) is 18.7 Å². The van der Waals surface area contributed by atoms with E-state index in [1.165, 1.54) is 12.1 Å². The molecule has 9 heteroatoms. The van der Waals surface area contributed by atoms with Crippen molar-refractivity contribution < 1.29 is 14.6 Å². The van der Waals surface area contributed by atoms with Crippen molar-refractivity contribution in [3.8, 4) is 0 Å². The molecule has 1 saturated carbocycles. The first-order valence-electron chi connectivity index (χ1n) is 6.50. The number of nitro groups is 2. The molecular formula is C12H16N4O5. The average molecular weight is 296 g/mol. The summed E-state index contributed by atoms with van der Waals surface area (Å²) in [6.07, 6.45) is 0.562. The zero-order valence-corrected chi connectivity index (χ0v) is 11.4. The van der Waals surface area contributed by atoms with E-state index in [-0.39, 0.29) is 35.2 Å². The van der Waals surface area contributed by atoms with Crippen LogP contribution in [0.2, 0.25) is 0 Å². The Bertz CT molecular complexity index is 563. The Morgan fingerprint density at radius 2 is 2.10 bits per heavy atom. The molecule has 0 saturated heterocycles. The summed E-state index contributed by atoms with van der Waals surface area (Å²) in [6, 6.07) is 3.06. The van der Waals surface area contributed by atoms with Gasteiger partial charge in [-0.2, -0.15) is 0 Å². The van der Waals surface area contributed by atoms with E-state index in [1.807, 2.05) is 6.92 Å². The van der Waals surface area contributed by atoms with Gasteiger partial charge in [0.2, 0.25) is 0 Å². The first-order chi connectivity index (χ1) is 9.93. The molecule has 0 spiro atoms. The van der Waals surface area contributed by atoms with E-state index in [2.05, 4.69) is 5.32 Å². The predicted octanol–water partition coefficient (Wildman–Crippen LogP) is 1.42. The highest BCUT2D eigenvalue weighted by Crippen LogP contribution is 2.33. The summed E-state index contributed by atoms with van der Waals surface area (Å²) in [5.74, 6) is 0. The van der Waals surface area contributed by atoms with Gasteiger partial charge in [0.15, 0.2) is 0 Å². The van der Waals surface area contributed by atoms with E-state index in [1.54, 1.807) is 0 Å². The largest absolute Gasteiger partial charge is 0.376 e. The molecule has 0 aliphatic heterocycles. The molecule has 21 heavy (non-hydrogen) atoms. The summed E-state index contributed by atoms with van der Waals surface area (Å²) < 4.78 is 5.47. The maximum atomic E-state index is 11.1. The third-order valence-electron chi connectivity index (χ3n) is 3.46. The Morgan fingerprint density at radius 3 is 2.62 bits per heavy atom. The molecule has 114 valence electrons. The van der Waals surface area contributed by atoms with Crippen LogP contribution in [-0.4, -0.2) is 34.6 Å². The fourth-order valence-electron chi connectivity index (χ4n) is 2.31. The zero-order chi connectivity index (χ0) is 15.6. The first-order valence-corrected chi connectivity index (χ1v) is 6.50. The number of nitrogens with zero attached hydrogens (tertiary/aromatic N) is 2. The van der Waals surface area contributed by atoms with E-state index in [4.69, 9.17) is 10.5 Å². The topological polar surface area (TPSA) is 134 Å². The Kier molecular flexibility index (Phi) is 4.34. The molecule has 1 aliphatic rings. The summed E-state index contributed by atoms with van der Waals surface area (Å²) in [6.45, 7) is 2.38. The molecule has 3 atom stereocenters. The standard InChI is InChI=1S/C12H16N4O5/c1-2-21-11-6-8(13)12(11)14-9-4-3-7(15(17)18)5-10(9)16(19)20/h3-5,8,11-12,14H,2,6,13H2,1H3. The van der Waals surface area contributed by atoms with Crippen molar-refractivity contribution in [2.45, 2.75) is 31.5 Å². The van der Waals surface area contributed by atoms with Crippen LogP contribution in [0.1, 0.15) is 13.3 Å². The molecule has 2 rings (SSSR count). The van der Waals surface area contributed by atoms with Gasteiger partial charge in [-0.25, -0.2) is 0 Å². The number of nitrogens with two attached hydrogens (primary N) is 1. The normalized spacial score (nSPS) is 24.2. The Balaban J connectivity index is 2.23. The molecule has 0 radical (unpaired) electrons. The number of anilines is 1. The van der Waals surface area contributed by atoms with Crippen LogP contribution in [0.15, 0.2) is 18.2 Å². The number of rotatable bonds is 6. The second kappa shape index (κ2) is 6.02. The Hall–Kier alpha value is -2.26. The van der Waals surface area contributed by atoms with Crippen LogP contribution in [0.5, 0.6) is 0 Å². The molecule has 0 amide bonds. The summed E-state index contributed by atoms with van der Waals surface area (Å²) in [5.41, 5.74) is 5.40. The van der Waals surface area contributed by atoms with Gasteiger partial charge >= 0.3 is 0 Å². The number of non-ortho nitro benzene ring substituents is 1. The van der Waals surface area contributed by atoms with Crippen LogP contribution >= 0.6 is 0 Å². The highest BCUT2D eigenvalue weighted by Gasteiger charge is 2.40. The minimum atomic E-state index is -0.672. The lowest BCUT2D eigenvalue weighted by molar-refractivity contribution is -0.393. The number of benzene rings is 1. The van der Waals surface area contributed by atoms with E-state index >= 15 is 0 Å². The molecule has 1 aromatic rings. The van der Waals surface area contributed by atoms with E-state index in [0.717, 1.165) is 6.07 Å². The molecule has 1 aromatic carbocycles. The van der Waals surface area contributed by atoms with Crippen molar-refractivity contribution in [3.63, 3.8) is 0 Å². The van der Waals surface area contributed by atoms with Gasteiger partial charge in [0.1, 0.15) is 5.69 Å². The fraction of sp³-hybridized carbons (Fsp3) is 0.500. The molecule has 1 fully saturated rings. The van der Waals surface area contributed by atoms with Gasteiger partial charge in [-0.1, -0.05) is 0 Å². The number of hydrogen-bond acceptors (Lipinski definition) is 7. The zero-order valence-electron chi connectivity index (χ0n) is 11.4. The van der Waals surface area contributed by atoms with E-state index in [0.29, 0.717) is 13.0 Å². The van der Waals surface area contributed by atoms with Gasteiger partial charge < -0.3 is 15.8 Å². The lowest BCUT2D eigenvalue weighted by Crippen LogP contribution is -2.60. The first kappa shape index (κ1) is 15.1. The van der Waals surface area contributed by atoms with Gasteiger partial charge in [-0.15, -0.1) is 0 Å². The molecule has 9 nitrogen and oxygen atoms in total. The smallest absolute Gasteiger partial charge is 0.299 e. The molecule has 0 bridgehead atoms. The van der Waals surface area contributed by atoms with Crippen LogP contribution < -0.4 is 11.1 Å². The van der Waals surface area contributed by atoms with Gasteiger partial charge in [0.05, 0.1) is 28.1 Å². The molecule has 0 aromatic heterocycles.